The molecule has 0 amide bonds. The number of hydrogen-bond donors (Lipinski definition) is 5. The molecule has 12 nitrogen and oxygen atoms in total. The van der Waals surface area contributed by atoms with Crippen molar-refractivity contribution in [3.63, 3.8) is 0 Å². The van der Waals surface area contributed by atoms with Gasteiger partial charge >= 0.3 is 49.3 Å². The molecule has 1 atom stereocenters. The summed E-state index contributed by atoms with van der Waals surface area (Å²) >= 11 is 0. The molecule has 28 heavy (non-hydrogen) atoms. The quantitative estimate of drug-likeness (QED) is 0.149. The maximum absolute atomic E-state index is 10.7. The van der Waals surface area contributed by atoms with Crippen LogP contribution >= 0.6 is 0 Å². The number of ether oxygens (including phenoxy) is 1. The molecule has 13 heteroatoms. The van der Waals surface area contributed by atoms with E-state index >= 15 is 0 Å². The minimum Gasteiger partial charge on any atom is -0.481 e. The number of aliphatic hydroxyl groups is 1. The smallest absolute Gasteiger partial charge is 0.481 e. The molecule has 0 saturated carbocycles. The van der Waals surface area contributed by atoms with Gasteiger partial charge in [0.2, 0.25) is 0 Å². The Labute approximate surface area is 174 Å². The summed E-state index contributed by atoms with van der Waals surface area (Å²) in [7, 11) is 5.75. The van der Waals surface area contributed by atoms with Crippen LogP contribution in [-0.4, -0.2) is 99.3 Å². The number of carbonyl (C=O) groups excluding carboxylic acids is 1. The van der Waals surface area contributed by atoms with E-state index in [4.69, 9.17) is 30.3 Å². The van der Waals surface area contributed by atoms with Gasteiger partial charge in [-0.05, 0) is 0 Å². The van der Waals surface area contributed by atoms with Crippen LogP contribution in [-0.2, 0) is 48.2 Å². The van der Waals surface area contributed by atoms with Gasteiger partial charge in [-0.25, -0.2) is 4.79 Å². The maximum Gasteiger partial charge on any atom is 2.00 e. The Morgan fingerprint density at radius 3 is 1.50 bits per heavy atom. The van der Waals surface area contributed by atoms with Crippen LogP contribution in [0, 0.1) is 0 Å². The van der Waals surface area contributed by atoms with Gasteiger partial charge in [-0.3, -0.25) is 19.2 Å². The summed E-state index contributed by atoms with van der Waals surface area (Å²) in [6, 6.07) is 0. The van der Waals surface area contributed by atoms with Gasteiger partial charge in [-0.2, -0.15) is 0 Å². The second kappa shape index (κ2) is 13.1. The van der Waals surface area contributed by atoms with Crippen molar-refractivity contribution >= 4 is 29.8 Å². The van der Waals surface area contributed by atoms with Crippen LogP contribution < -0.4 is 0 Å². The molecule has 0 radical (unpaired) electrons. The normalized spacial score (nSPS) is 11.8. The number of quaternary nitrogens is 1. The van der Waals surface area contributed by atoms with Gasteiger partial charge in [0.1, 0.15) is 6.54 Å². The maximum atomic E-state index is 10.7. The van der Waals surface area contributed by atoms with Crippen molar-refractivity contribution in [2.24, 2.45) is 0 Å². The number of carbonyl (C=O) groups is 5. The summed E-state index contributed by atoms with van der Waals surface area (Å²) in [4.78, 5) is 51.7. The minimum atomic E-state index is -2.74. The molecule has 0 aliphatic carbocycles. The first-order valence-corrected chi connectivity index (χ1v) is 7.57. The molecule has 0 spiro atoms. The van der Waals surface area contributed by atoms with Crippen molar-refractivity contribution in [1.82, 2.24) is 0 Å². The van der Waals surface area contributed by atoms with E-state index in [9.17, 15) is 24.0 Å². The minimum absolute atomic E-state index is 0. The molecule has 0 aromatic heterocycles. The molecule has 0 aromatic carbocycles. The van der Waals surface area contributed by atoms with E-state index in [1.54, 1.807) is 0 Å². The summed E-state index contributed by atoms with van der Waals surface area (Å²) in [6.07, 6.45) is -2.98. The monoisotopic (exact) mass is 460 g/mol. The molecule has 0 aliphatic rings. The Hall–Kier alpha value is -2.11. The number of carboxylic acids is 4. The van der Waals surface area contributed by atoms with Crippen LogP contribution in [0.4, 0.5) is 0 Å². The summed E-state index contributed by atoms with van der Waals surface area (Å²) < 4.78 is 5.46. The van der Waals surface area contributed by atoms with Crippen LogP contribution in [0.1, 0.15) is 26.2 Å². The van der Waals surface area contributed by atoms with Crippen molar-refractivity contribution in [2.45, 2.75) is 37.9 Å². The van der Waals surface area contributed by atoms with E-state index in [0.29, 0.717) is 11.0 Å². The van der Waals surface area contributed by atoms with E-state index in [1.807, 2.05) is 21.1 Å². The third kappa shape index (κ3) is 17.3. The first-order chi connectivity index (χ1) is 12.0. The van der Waals surface area contributed by atoms with Gasteiger partial charge in [-0.15, -0.1) is 0 Å². The van der Waals surface area contributed by atoms with Gasteiger partial charge in [0, 0.05) is 6.92 Å². The van der Waals surface area contributed by atoms with Crippen LogP contribution in [0.2, 0.25) is 0 Å². The third-order valence-corrected chi connectivity index (χ3v) is 2.77. The van der Waals surface area contributed by atoms with Gasteiger partial charge in [0.15, 0.2) is 11.7 Å². The molecule has 0 fully saturated rings. The molecular formula is C15H26NO11Zn+3. The summed E-state index contributed by atoms with van der Waals surface area (Å²) in [5.41, 5.74) is -2.74. The van der Waals surface area contributed by atoms with Crippen molar-refractivity contribution in [3.8, 4) is 0 Å². The molecule has 5 N–H and O–H groups in total. The van der Waals surface area contributed by atoms with Gasteiger partial charge in [0.05, 0.1) is 40.4 Å². The molecule has 156 valence electrons. The number of aliphatic carboxylic acids is 4. The second-order valence-electron chi connectivity index (χ2n) is 6.78. The number of nitrogens with zero attached hydrogens (tertiary/aromatic N) is 1. The number of likely N-dealkylation sites (N-methyl/N-ethyl adjacent to an activating group) is 1. The molecule has 0 rings (SSSR count). The van der Waals surface area contributed by atoms with Crippen LogP contribution in [0.3, 0.4) is 0 Å². The SMILES string of the molecule is CC(=O)O[C@H](CC(=O)O)C[N+](C)(C)C.O=C(O)CC(O)(CC(=O)O)C(=O)O.[Zn+2]. The van der Waals surface area contributed by atoms with Crippen LogP contribution in [0.5, 0.6) is 0 Å². The number of carboxylic acid groups (broad SMARTS) is 4. The predicted molar refractivity (Wildman–Crippen MR) is 87.8 cm³/mol. The fourth-order valence-electron chi connectivity index (χ4n) is 1.90. The average Bonchev–Trinajstić information content (AvgIpc) is 2.32. The molecule has 0 unspecified atom stereocenters. The Bertz CT molecular complexity index is 539. The summed E-state index contributed by atoms with van der Waals surface area (Å²) in [5.74, 6) is -6.41. The summed E-state index contributed by atoms with van der Waals surface area (Å²) in [6.45, 7) is 1.77. The topological polar surface area (TPSA) is 196 Å². The van der Waals surface area contributed by atoms with Gasteiger partial charge in [0.25, 0.3) is 0 Å². The zero-order valence-electron chi connectivity index (χ0n) is 16.2. The van der Waals surface area contributed by atoms with Crippen LogP contribution in [0.15, 0.2) is 0 Å². The van der Waals surface area contributed by atoms with Gasteiger partial charge < -0.3 is 34.8 Å². The summed E-state index contributed by atoms with van der Waals surface area (Å²) in [5, 5.41) is 42.4. The van der Waals surface area contributed by atoms with Gasteiger partial charge in [-0.1, -0.05) is 0 Å². The largest absolute Gasteiger partial charge is 2.00 e. The zero-order valence-corrected chi connectivity index (χ0v) is 19.2. The average molecular weight is 462 g/mol. The second-order valence-corrected chi connectivity index (χ2v) is 6.78. The van der Waals surface area contributed by atoms with E-state index in [-0.39, 0.29) is 25.9 Å². The first-order valence-electron chi connectivity index (χ1n) is 7.57. The van der Waals surface area contributed by atoms with E-state index in [1.165, 1.54) is 6.92 Å². The standard InChI is InChI=1S/C9H17NO4.C6H8O7.Zn/c1-7(11)14-8(5-9(12)13)6-10(2,3)4;7-3(8)1-6(13,5(11)12)2-4(9)10;/h8H,5-6H2,1-4H3;13H,1-2H2,(H,7,8)(H,9,10)(H,11,12);/q;;+2/p+1/t8-;;/m1../s1. The Morgan fingerprint density at radius 2 is 1.29 bits per heavy atom. The van der Waals surface area contributed by atoms with Crippen molar-refractivity contribution in [1.29, 1.82) is 0 Å². The Balaban J connectivity index is -0.000000432. The van der Waals surface area contributed by atoms with E-state index < -0.39 is 54.4 Å². The predicted octanol–water partition coefficient (Wildman–Crippen LogP) is -1.15. The fourth-order valence-corrected chi connectivity index (χ4v) is 1.90. The molecule has 0 aromatic rings. The molecule has 0 aliphatic heterocycles. The zero-order chi connectivity index (χ0) is 22.0. The Kier molecular flexibility index (Phi) is 14.4. The Morgan fingerprint density at radius 1 is 0.893 bits per heavy atom. The number of esters is 1. The fraction of sp³-hybridized carbons (Fsp3) is 0.667. The van der Waals surface area contributed by atoms with Crippen molar-refractivity contribution in [3.05, 3.63) is 0 Å². The van der Waals surface area contributed by atoms with Crippen molar-refractivity contribution < 1.29 is 78.2 Å². The number of hydrogen-bond acceptors (Lipinski definition) is 7. The molecular weight excluding hydrogens is 436 g/mol. The number of rotatable bonds is 10. The molecule has 0 saturated heterocycles. The van der Waals surface area contributed by atoms with Crippen LogP contribution in [0.25, 0.3) is 0 Å². The van der Waals surface area contributed by atoms with E-state index in [0.717, 1.165) is 0 Å². The molecule has 0 bridgehead atoms. The molecule has 0 heterocycles. The third-order valence-electron chi connectivity index (χ3n) is 2.77. The first kappa shape index (κ1) is 30.6. The van der Waals surface area contributed by atoms with E-state index in [2.05, 4.69) is 0 Å². The van der Waals surface area contributed by atoms with Crippen molar-refractivity contribution in [2.75, 3.05) is 27.7 Å².